The first kappa shape index (κ1) is 15.3. The van der Waals surface area contributed by atoms with Gasteiger partial charge in [-0.3, -0.25) is 4.79 Å². The lowest BCUT2D eigenvalue weighted by Crippen LogP contribution is -2.19. The van der Waals surface area contributed by atoms with Gasteiger partial charge in [0.25, 0.3) is 0 Å². The summed E-state index contributed by atoms with van der Waals surface area (Å²) in [5.41, 5.74) is 1.82. The normalized spacial score (nSPS) is 12.1. The van der Waals surface area contributed by atoms with Crippen LogP contribution < -0.4 is 0 Å². The number of hydrogen-bond acceptors (Lipinski definition) is 3. The monoisotopic (exact) mass is 284 g/mol. The van der Waals surface area contributed by atoms with E-state index in [1.54, 1.807) is 6.92 Å². The predicted octanol–water partition coefficient (Wildman–Crippen LogP) is 3.13. The van der Waals surface area contributed by atoms with Gasteiger partial charge in [-0.2, -0.15) is 0 Å². The van der Waals surface area contributed by atoms with E-state index < -0.39 is 12.0 Å². The van der Waals surface area contributed by atoms with E-state index in [9.17, 15) is 9.90 Å². The molecule has 0 saturated heterocycles. The Hall–Kier alpha value is -2.13. The van der Waals surface area contributed by atoms with Gasteiger partial charge in [0, 0.05) is 6.42 Å². The summed E-state index contributed by atoms with van der Waals surface area (Å²) in [5.74, 6) is -0.713. The van der Waals surface area contributed by atoms with Crippen molar-refractivity contribution in [3.05, 3.63) is 71.8 Å². The van der Waals surface area contributed by atoms with Gasteiger partial charge in [-0.05, 0) is 18.1 Å². The average Bonchev–Trinajstić information content (AvgIpc) is 2.49. The van der Waals surface area contributed by atoms with Crippen molar-refractivity contribution in [2.45, 2.75) is 25.4 Å². The minimum absolute atomic E-state index is 0.229. The molecule has 0 amide bonds. The van der Waals surface area contributed by atoms with Crippen LogP contribution in [0.1, 0.15) is 30.4 Å². The second-order valence-corrected chi connectivity index (χ2v) is 5.06. The molecule has 1 unspecified atom stereocenters. The van der Waals surface area contributed by atoms with Crippen LogP contribution in [0, 0.1) is 0 Å². The summed E-state index contributed by atoms with van der Waals surface area (Å²) >= 11 is 0. The van der Waals surface area contributed by atoms with Gasteiger partial charge >= 0.3 is 5.97 Å². The third-order valence-electron chi connectivity index (χ3n) is 3.28. The number of hydrogen-bond donors (Lipinski definition) is 1. The number of rotatable bonds is 6. The van der Waals surface area contributed by atoms with E-state index in [2.05, 4.69) is 0 Å². The molecule has 0 fully saturated rings. The SMILES string of the molecule is CC(O)CCOC(=O)C(c1ccccc1)c1ccccc1. The predicted molar refractivity (Wildman–Crippen MR) is 82.0 cm³/mol. The minimum atomic E-state index is -0.468. The van der Waals surface area contributed by atoms with Crippen LogP contribution in [0.4, 0.5) is 0 Å². The number of aliphatic hydroxyl groups excluding tert-OH is 1. The standard InChI is InChI=1S/C18H20O3/c1-14(19)12-13-21-18(20)17(15-8-4-2-5-9-15)16-10-6-3-7-11-16/h2-11,14,17,19H,12-13H2,1H3. The fourth-order valence-corrected chi connectivity index (χ4v) is 2.17. The van der Waals surface area contributed by atoms with Crippen LogP contribution in [0.3, 0.4) is 0 Å². The van der Waals surface area contributed by atoms with E-state index in [0.29, 0.717) is 6.42 Å². The number of benzene rings is 2. The molecule has 0 bridgehead atoms. The van der Waals surface area contributed by atoms with Crippen LogP contribution in [-0.4, -0.2) is 23.8 Å². The van der Waals surface area contributed by atoms with Crippen LogP contribution in [0.15, 0.2) is 60.7 Å². The number of esters is 1. The van der Waals surface area contributed by atoms with Crippen molar-refractivity contribution < 1.29 is 14.6 Å². The molecule has 0 aliphatic heterocycles. The smallest absolute Gasteiger partial charge is 0.317 e. The molecule has 2 aromatic carbocycles. The summed E-state index contributed by atoms with van der Waals surface area (Å²) < 4.78 is 5.32. The van der Waals surface area contributed by atoms with E-state index >= 15 is 0 Å². The molecule has 0 radical (unpaired) electrons. The van der Waals surface area contributed by atoms with Gasteiger partial charge in [-0.25, -0.2) is 0 Å². The molecule has 0 spiro atoms. The highest BCUT2D eigenvalue weighted by Gasteiger charge is 2.23. The fraction of sp³-hybridized carbons (Fsp3) is 0.278. The van der Waals surface area contributed by atoms with Crippen LogP contribution >= 0.6 is 0 Å². The van der Waals surface area contributed by atoms with Gasteiger partial charge < -0.3 is 9.84 Å². The largest absolute Gasteiger partial charge is 0.465 e. The third-order valence-corrected chi connectivity index (χ3v) is 3.28. The Morgan fingerprint density at radius 3 is 1.90 bits per heavy atom. The quantitative estimate of drug-likeness (QED) is 0.829. The second kappa shape index (κ2) is 7.60. The van der Waals surface area contributed by atoms with E-state index in [4.69, 9.17) is 4.74 Å². The van der Waals surface area contributed by atoms with Crippen molar-refractivity contribution in [2.24, 2.45) is 0 Å². The molecule has 1 atom stereocenters. The number of ether oxygens (including phenoxy) is 1. The van der Waals surface area contributed by atoms with Crippen LogP contribution in [-0.2, 0) is 9.53 Å². The molecular formula is C18H20O3. The summed E-state index contributed by atoms with van der Waals surface area (Å²) in [6.07, 6.45) is -0.0214. The average molecular weight is 284 g/mol. The van der Waals surface area contributed by atoms with Gasteiger partial charge in [0.05, 0.1) is 12.7 Å². The van der Waals surface area contributed by atoms with Crippen molar-refractivity contribution in [2.75, 3.05) is 6.61 Å². The zero-order valence-corrected chi connectivity index (χ0v) is 12.1. The van der Waals surface area contributed by atoms with Crippen LogP contribution in [0.5, 0.6) is 0 Å². The number of carbonyl (C=O) groups is 1. The summed E-state index contributed by atoms with van der Waals surface area (Å²) in [7, 11) is 0. The highest BCUT2D eigenvalue weighted by molar-refractivity contribution is 5.82. The van der Waals surface area contributed by atoms with Crippen molar-refractivity contribution in [1.82, 2.24) is 0 Å². The third kappa shape index (κ3) is 4.43. The minimum Gasteiger partial charge on any atom is -0.465 e. The van der Waals surface area contributed by atoms with Gasteiger partial charge in [0.1, 0.15) is 5.92 Å². The van der Waals surface area contributed by atoms with Crippen LogP contribution in [0.25, 0.3) is 0 Å². The Kier molecular flexibility index (Phi) is 5.52. The van der Waals surface area contributed by atoms with Gasteiger partial charge in [0.2, 0.25) is 0 Å². The summed E-state index contributed by atoms with van der Waals surface area (Å²) in [5, 5.41) is 9.25. The molecule has 2 rings (SSSR count). The maximum atomic E-state index is 12.4. The molecule has 2 aromatic rings. The lowest BCUT2D eigenvalue weighted by Gasteiger charge is -2.17. The molecule has 0 saturated carbocycles. The van der Waals surface area contributed by atoms with E-state index in [-0.39, 0.29) is 12.6 Å². The highest BCUT2D eigenvalue weighted by Crippen LogP contribution is 2.25. The molecule has 3 nitrogen and oxygen atoms in total. The molecule has 1 N–H and O–H groups in total. The maximum absolute atomic E-state index is 12.4. The second-order valence-electron chi connectivity index (χ2n) is 5.06. The Labute approximate surface area is 125 Å². The van der Waals surface area contributed by atoms with E-state index in [0.717, 1.165) is 11.1 Å². The molecule has 0 aliphatic carbocycles. The number of carbonyl (C=O) groups excluding carboxylic acids is 1. The molecular weight excluding hydrogens is 264 g/mol. The molecule has 110 valence electrons. The first-order chi connectivity index (χ1) is 10.2. The first-order valence-electron chi connectivity index (χ1n) is 7.13. The Balaban J connectivity index is 2.19. The lowest BCUT2D eigenvalue weighted by atomic mass is 9.91. The fourth-order valence-electron chi connectivity index (χ4n) is 2.17. The van der Waals surface area contributed by atoms with Crippen LogP contribution in [0.2, 0.25) is 0 Å². The summed E-state index contributed by atoms with van der Waals surface area (Å²) in [6.45, 7) is 1.91. The maximum Gasteiger partial charge on any atom is 0.317 e. The summed E-state index contributed by atoms with van der Waals surface area (Å²) in [4.78, 5) is 12.4. The molecule has 0 aliphatic rings. The Morgan fingerprint density at radius 2 is 1.48 bits per heavy atom. The molecule has 3 heteroatoms. The summed E-state index contributed by atoms with van der Waals surface area (Å²) in [6, 6.07) is 19.2. The topological polar surface area (TPSA) is 46.5 Å². The number of aliphatic hydroxyl groups is 1. The zero-order chi connectivity index (χ0) is 15.1. The van der Waals surface area contributed by atoms with Gasteiger partial charge in [-0.15, -0.1) is 0 Å². The molecule has 21 heavy (non-hydrogen) atoms. The Bertz CT molecular complexity index is 510. The van der Waals surface area contributed by atoms with E-state index in [1.807, 2.05) is 60.7 Å². The van der Waals surface area contributed by atoms with Gasteiger partial charge in [0.15, 0.2) is 0 Å². The molecule has 0 heterocycles. The van der Waals surface area contributed by atoms with Crippen molar-refractivity contribution >= 4 is 5.97 Å². The molecule has 0 aromatic heterocycles. The highest BCUT2D eigenvalue weighted by atomic mass is 16.5. The van der Waals surface area contributed by atoms with Gasteiger partial charge in [-0.1, -0.05) is 60.7 Å². The zero-order valence-electron chi connectivity index (χ0n) is 12.1. The van der Waals surface area contributed by atoms with Crippen molar-refractivity contribution in [3.63, 3.8) is 0 Å². The van der Waals surface area contributed by atoms with E-state index in [1.165, 1.54) is 0 Å². The van der Waals surface area contributed by atoms with Crippen molar-refractivity contribution in [3.8, 4) is 0 Å². The Morgan fingerprint density at radius 1 is 1.00 bits per heavy atom. The van der Waals surface area contributed by atoms with Crippen molar-refractivity contribution in [1.29, 1.82) is 0 Å². The lowest BCUT2D eigenvalue weighted by molar-refractivity contribution is -0.145. The first-order valence-corrected chi connectivity index (χ1v) is 7.13.